The highest BCUT2D eigenvalue weighted by atomic mass is 32.2. The molecule has 3 heterocycles. The van der Waals surface area contributed by atoms with Crippen molar-refractivity contribution in [1.29, 1.82) is 0 Å². The Labute approximate surface area is 195 Å². The maximum absolute atomic E-state index is 12.7. The van der Waals surface area contributed by atoms with Gasteiger partial charge in [0.15, 0.2) is 0 Å². The Morgan fingerprint density at radius 3 is 2.58 bits per heavy atom. The summed E-state index contributed by atoms with van der Waals surface area (Å²) in [6, 6.07) is 21.9. The summed E-state index contributed by atoms with van der Waals surface area (Å²) >= 11 is 1.60. The van der Waals surface area contributed by atoms with Crippen LogP contribution in [0.3, 0.4) is 0 Å². The van der Waals surface area contributed by atoms with E-state index in [-0.39, 0.29) is 5.78 Å². The molecule has 0 atom stereocenters. The van der Waals surface area contributed by atoms with Gasteiger partial charge in [-0.05, 0) is 49.4 Å². The first-order valence-electron chi connectivity index (χ1n) is 10.5. The SMILES string of the molecule is Cc1nn(-c2ccccc2)c(Sc2cccc3cccnc23)c1/C=C/C(=O)c1ccnn1C. The number of benzene rings is 2. The Morgan fingerprint density at radius 2 is 1.79 bits per heavy atom. The zero-order valence-electron chi connectivity index (χ0n) is 18.2. The molecule has 2 aromatic carbocycles. The molecule has 0 saturated carbocycles. The fourth-order valence-corrected chi connectivity index (χ4v) is 4.86. The topological polar surface area (TPSA) is 65.6 Å². The Bertz CT molecular complexity index is 1480. The smallest absolute Gasteiger partial charge is 0.203 e. The van der Waals surface area contributed by atoms with E-state index in [1.165, 1.54) is 0 Å². The molecule has 0 aliphatic rings. The van der Waals surface area contributed by atoms with Gasteiger partial charge in [0.2, 0.25) is 5.78 Å². The van der Waals surface area contributed by atoms with Crippen LogP contribution in [0, 0.1) is 6.92 Å². The summed E-state index contributed by atoms with van der Waals surface area (Å²) in [4.78, 5) is 18.4. The fourth-order valence-electron chi connectivity index (χ4n) is 3.68. The molecular formula is C26H21N5OS. The van der Waals surface area contributed by atoms with Gasteiger partial charge in [-0.25, -0.2) is 4.68 Å². The third-order valence-corrected chi connectivity index (χ3v) is 6.48. The minimum Gasteiger partial charge on any atom is -0.288 e. The first kappa shape index (κ1) is 20.9. The standard InChI is InChI=1S/C26H21N5OS/c1-18-21(13-14-23(32)22-15-17-28-30(22)2)26(31(29-18)20-10-4-3-5-11-20)33-24-12-6-8-19-9-7-16-27-25(19)24/h3-17H,1-2H3/b14-13+. The van der Waals surface area contributed by atoms with E-state index in [2.05, 4.69) is 28.3 Å². The summed E-state index contributed by atoms with van der Waals surface area (Å²) in [5, 5.41) is 10.9. The van der Waals surface area contributed by atoms with Gasteiger partial charge in [-0.15, -0.1) is 0 Å². The minimum absolute atomic E-state index is 0.107. The number of aryl methyl sites for hydroxylation is 2. The highest BCUT2D eigenvalue weighted by molar-refractivity contribution is 7.99. The second kappa shape index (κ2) is 8.88. The van der Waals surface area contributed by atoms with Gasteiger partial charge in [-0.3, -0.25) is 14.5 Å². The molecule has 0 aliphatic carbocycles. The Hall–Kier alpha value is -3.97. The molecule has 0 amide bonds. The molecule has 6 nitrogen and oxygen atoms in total. The van der Waals surface area contributed by atoms with Gasteiger partial charge >= 0.3 is 0 Å². The van der Waals surface area contributed by atoms with Crippen LogP contribution >= 0.6 is 11.8 Å². The summed E-state index contributed by atoms with van der Waals surface area (Å²) in [7, 11) is 1.76. The van der Waals surface area contributed by atoms with Crippen LogP contribution in [0.1, 0.15) is 21.7 Å². The normalized spacial score (nSPS) is 11.5. The van der Waals surface area contributed by atoms with Crippen molar-refractivity contribution in [2.24, 2.45) is 7.05 Å². The van der Waals surface area contributed by atoms with Crippen LogP contribution in [0.2, 0.25) is 0 Å². The third-order valence-electron chi connectivity index (χ3n) is 5.34. The van der Waals surface area contributed by atoms with Crippen LogP contribution in [0.4, 0.5) is 0 Å². The molecule has 0 N–H and O–H groups in total. The van der Waals surface area contributed by atoms with E-state index in [0.29, 0.717) is 5.69 Å². The van der Waals surface area contributed by atoms with Crippen molar-refractivity contribution in [2.45, 2.75) is 16.8 Å². The first-order chi connectivity index (χ1) is 16.1. The second-order valence-corrected chi connectivity index (χ2v) is 8.55. The van der Waals surface area contributed by atoms with E-state index in [9.17, 15) is 4.79 Å². The van der Waals surface area contributed by atoms with Crippen molar-refractivity contribution in [3.05, 3.63) is 102 Å². The van der Waals surface area contributed by atoms with Crippen LogP contribution in [0.5, 0.6) is 0 Å². The predicted molar refractivity (Wildman–Crippen MR) is 131 cm³/mol. The summed E-state index contributed by atoms with van der Waals surface area (Å²) < 4.78 is 3.50. The van der Waals surface area contributed by atoms with Crippen molar-refractivity contribution in [2.75, 3.05) is 0 Å². The first-order valence-corrected chi connectivity index (χ1v) is 11.3. The molecule has 5 aromatic rings. The number of ketones is 1. The molecule has 7 heteroatoms. The van der Waals surface area contributed by atoms with Crippen molar-refractivity contribution in [3.8, 4) is 5.69 Å². The molecule has 0 spiro atoms. The highest BCUT2D eigenvalue weighted by Crippen LogP contribution is 2.37. The average molecular weight is 452 g/mol. The maximum Gasteiger partial charge on any atom is 0.203 e. The van der Waals surface area contributed by atoms with Gasteiger partial charge in [-0.2, -0.15) is 10.2 Å². The number of para-hydroxylation sites is 2. The van der Waals surface area contributed by atoms with E-state index in [1.54, 1.807) is 48.0 Å². The molecule has 0 bridgehead atoms. The third kappa shape index (κ3) is 4.10. The number of rotatable bonds is 6. The van der Waals surface area contributed by atoms with Crippen LogP contribution in [0.25, 0.3) is 22.7 Å². The van der Waals surface area contributed by atoms with Gasteiger partial charge in [0, 0.05) is 35.3 Å². The Balaban J connectivity index is 1.62. The summed E-state index contributed by atoms with van der Waals surface area (Å²) in [6.07, 6.45) is 6.85. The zero-order valence-corrected chi connectivity index (χ0v) is 19.0. The average Bonchev–Trinajstić information content (AvgIpc) is 3.41. The summed E-state index contributed by atoms with van der Waals surface area (Å²) in [6.45, 7) is 1.96. The van der Waals surface area contributed by atoms with Gasteiger partial charge in [0.1, 0.15) is 10.7 Å². The monoisotopic (exact) mass is 451 g/mol. The van der Waals surface area contributed by atoms with Crippen molar-refractivity contribution in [1.82, 2.24) is 24.5 Å². The molecule has 0 radical (unpaired) electrons. The lowest BCUT2D eigenvalue weighted by Gasteiger charge is -2.10. The molecule has 5 rings (SSSR count). The highest BCUT2D eigenvalue weighted by Gasteiger charge is 2.18. The number of pyridine rings is 1. The number of nitrogens with zero attached hydrogens (tertiary/aromatic N) is 5. The number of aromatic nitrogens is 5. The van der Waals surface area contributed by atoms with Gasteiger partial charge in [0.25, 0.3) is 0 Å². The van der Waals surface area contributed by atoms with E-state index < -0.39 is 0 Å². The maximum atomic E-state index is 12.7. The fraction of sp³-hybridized carbons (Fsp3) is 0.0769. The number of fused-ring (bicyclic) bond motifs is 1. The van der Waals surface area contributed by atoms with Crippen LogP contribution in [-0.4, -0.2) is 30.3 Å². The number of carbonyl (C=O) groups is 1. The zero-order chi connectivity index (χ0) is 22.8. The van der Waals surface area contributed by atoms with E-state index in [0.717, 1.165) is 37.8 Å². The quantitative estimate of drug-likeness (QED) is 0.252. The van der Waals surface area contributed by atoms with Crippen molar-refractivity contribution >= 4 is 34.5 Å². The number of hydrogen-bond donors (Lipinski definition) is 0. The van der Waals surface area contributed by atoms with E-state index in [4.69, 9.17) is 5.10 Å². The van der Waals surface area contributed by atoms with Gasteiger partial charge in [-0.1, -0.05) is 48.2 Å². The van der Waals surface area contributed by atoms with Crippen molar-refractivity contribution in [3.63, 3.8) is 0 Å². The molecular weight excluding hydrogens is 430 g/mol. The number of allylic oxidation sites excluding steroid dienone is 1. The summed E-state index contributed by atoms with van der Waals surface area (Å²) in [5.74, 6) is -0.107. The molecule has 33 heavy (non-hydrogen) atoms. The molecule has 0 saturated heterocycles. The Morgan fingerprint density at radius 1 is 0.970 bits per heavy atom. The number of hydrogen-bond acceptors (Lipinski definition) is 5. The molecule has 162 valence electrons. The van der Waals surface area contributed by atoms with Crippen LogP contribution < -0.4 is 0 Å². The second-order valence-electron chi connectivity index (χ2n) is 7.52. The largest absolute Gasteiger partial charge is 0.288 e. The van der Waals surface area contributed by atoms with E-state index in [1.807, 2.05) is 60.1 Å². The van der Waals surface area contributed by atoms with Gasteiger partial charge in [0.05, 0.1) is 16.9 Å². The molecule has 0 aliphatic heterocycles. The molecule has 0 unspecified atom stereocenters. The van der Waals surface area contributed by atoms with Crippen LogP contribution in [-0.2, 0) is 7.05 Å². The summed E-state index contributed by atoms with van der Waals surface area (Å²) in [5.41, 5.74) is 4.15. The Kier molecular flexibility index (Phi) is 5.62. The van der Waals surface area contributed by atoms with Gasteiger partial charge < -0.3 is 0 Å². The lowest BCUT2D eigenvalue weighted by Crippen LogP contribution is -2.03. The molecule has 3 aromatic heterocycles. The predicted octanol–water partition coefficient (Wildman–Crippen LogP) is 5.51. The lowest BCUT2D eigenvalue weighted by atomic mass is 10.2. The lowest BCUT2D eigenvalue weighted by molar-refractivity contribution is 0.103. The molecule has 0 fully saturated rings. The minimum atomic E-state index is -0.107. The van der Waals surface area contributed by atoms with E-state index >= 15 is 0 Å². The van der Waals surface area contributed by atoms with Crippen molar-refractivity contribution < 1.29 is 4.79 Å². The number of carbonyl (C=O) groups excluding carboxylic acids is 1. The van der Waals surface area contributed by atoms with Crippen LogP contribution in [0.15, 0.2) is 95.1 Å².